The van der Waals surface area contributed by atoms with Crippen LogP contribution >= 0.6 is 0 Å². The molecule has 3 rings (SSSR count). The van der Waals surface area contributed by atoms with Gasteiger partial charge in [0.15, 0.2) is 6.17 Å². The van der Waals surface area contributed by atoms with Crippen molar-refractivity contribution in [1.82, 2.24) is 5.06 Å². The van der Waals surface area contributed by atoms with Crippen LogP contribution in [0.15, 0.2) is 53.5 Å². The molecule has 0 aliphatic carbocycles. The van der Waals surface area contributed by atoms with E-state index in [9.17, 15) is 10.3 Å². The minimum atomic E-state index is -0.610. The molecule has 1 heterocycles. The Morgan fingerprint density at radius 2 is 1.72 bits per heavy atom. The van der Waals surface area contributed by atoms with E-state index < -0.39 is 6.17 Å². The molecule has 0 radical (unpaired) electrons. The van der Waals surface area contributed by atoms with E-state index in [2.05, 4.69) is 4.99 Å². The van der Waals surface area contributed by atoms with E-state index >= 15 is 0 Å². The first-order valence-corrected chi connectivity index (χ1v) is 5.65. The van der Waals surface area contributed by atoms with Crippen molar-refractivity contribution in [1.29, 1.82) is 0 Å². The highest BCUT2D eigenvalue weighted by Gasteiger charge is 2.20. The molecule has 2 aromatic rings. The number of fused-ring (bicyclic) bond motifs is 1. The minimum Gasteiger partial charge on any atom is -0.508 e. The van der Waals surface area contributed by atoms with Crippen molar-refractivity contribution < 1.29 is 10.3 Å². The third kappa shape index (κ3) is 1.72. The van der Waals surface area contributed by atoms with Crippen molar-refractivity contribution in [3.8, 4) is 5.75 Å². The van der Waals surface area contributed by atoms with Gasteiger partial charge in [0.2, 0.25) is 0 Å². The van der Waals surface area contributed by atoms with Gasteiger partial charge in [0.25, 0.3) is 0 Å². The summed E-state index contributed by atoms with van der Waals surface area (Å²) >= 11 is 0. The lowest BCUT2D eigenvalue weighted by molar-refractivity contribution is -0.0620. The number of nitrogens with zero attached hydrogens (tertiary/aromatic N) is 2. The van der Waals surface area contributed by atoms with Crippen LogP contribution in [0.2, 0.25) is 0 Å². The van der Waals surface area contributed by atoms with Crippen LogP contribution in [-0.4, -0.2) is 15.4 Å². The standard InChI is InChI=1S/C14H12N2O2/c17-13-8-4-2-6-11(13)14-15-12-7-3-1-5-10(12)9-16(14)18/h1-9,14,17-18H. The van der Waals surface area contributed by atoms with Crippen LogP contribution in [0.3, 0.4) is 0 Å². The van der Waals surface area contributed by atoms with Gasteiger partial charge in [0.1, 0.15) is 5.75 Å². The number of hydroxylamine groups is 2. The Kier molecular flexibility index (Phi) is 2.50. The molecule has 1 unspecified atom stereocenters. The Morgan fingerprint density at radius 1 is 1.00 bits per heavy atom. The monoisotopic (exact) mass is 240 g/mol. The Bertz CT molecular complexity index is 697. The zero-order chi connectivity index (χ0) is 12.5. The molecule has 18 heavy (non-hydrogen) atoms. The summed E-state index contributed by atoms with van der Waals surface area (Å²) in [5.74, 6) is 0.123. The van der Waals surface area contributed by atoms with Crippen molar-refractivity contribution in [2.75, 3.05) is 0 Å². The topological polar surface area (TPSA) is 56.1 Å². The maximum absolute atomic E-state index is 9.97. The van der Waals surface area contributed by atoms with Gasteiger partial charge in [-0.25, -0.2) is 5.06 Å². The first-order chi connectivity index (χ1) is 8.75. The summed E-state index contributed by atoms with van der Waals surface area (Å²) in [5.41, 5.74) is 0.575. The molecule has 0 aromatic heterocycles. The number of benzene rings is 2. The number of hydrogen-bond donors (Lipinski definition) is 2. The Balaban J connectivity index is 2.16. The smallest absolute Gasteiger partial charge is 0.174 e. The molecule has 2 N–H and O–H groups in total. The molecule has 0 amide bonds. The highest BCUT2D eigenvalue weighted by Crippen LogP contribution is 2.28. The fourth-order valence-electron chi connectivity index (χ4n) is 2.04. The molecule has 90 valence electrons. The zero-order valence-corrected chi connectivity index (χ0v) is 9.56. The molecule has 0 spiro atoms. The van der Waals surface area contributed by atoms with Gasteiger partial charge in [-0.1, -0.05) is 36.4 Å². The number of hydrogen-bond acceptors (Lipinski definition) is 4. The lowest BCUT2D eigenvalue weighted by Crippen LogP contribution is -2.36. The number of phenols is 1. The fourth-order valence-corrected chi connectivity index (χ4v) is 2.04. The molecule has 0 bridgehead atoms. The Morgan fingerprint density at radius 3 is 2.56 bits per heavy atom. The first-order valence-electron chi connectivity index (χ1n) is 5.65. The summed E-state index contributed by atoms with van der Waals surface area (Å²) in [6, 6.07) is 14.4. The quantitative estimate of drug-likeness (QED) is 0.786. The summed E-state index contributed by atoms with van der Waals surface area (Å²) in [5, 5.41) is 22.4. The highest BCUT2D eigenvalue weighted by atomic mass is 16.5. The number of rotatable bonds is 1. The molecule has 2 aromatic carbocycles. The van der Waals surface area contributed by atoms with E-state index in [0.717, 1.165) is 15.6 Å². The van der Waals surface area contributed by atoms with Crippen molar-refractivity contribution in [2.45, 2.75) is 6.17 Å². The Labute approximate surface area is 104 Å². The second-order valence-corrected chi connectivity index (χ2v) is 4.13. The van der Waals surface area contributed by atoms with Crippen molar-refractivity contribution in [3.63, 3.8) is 0 Å². The van der Waals surface area contributed by atoms with E-state index in [0.29, 0.717) is 5.56 Å². The molecular weight excluding hydrogens is 228 g/mol. The van der Waals surface area contributed by atoms with Crippen LogP contribution < -0.4 is 10.6 Å². The molecular formula is C14H12N2O2. The van der Waals surface area contributed by atoms with Crippen LogP contribution in [-0.2, 0) is 0 Å². The molecule has 4 heteroatoms. The predicted octanol–water partition coefficient (Wildman–Crippen LogP) is 1.15. The van der Waals surface area contributed by atoms with E-state index in [1.165, 1.54) is 0 Å². The van der Waals surface area contributed by atoms with Crippen LogP contribution in [0, 0.1) is 0 Å². The van der Waals surface area contributed by atoms with Gasteiger partial charge in [-0.3, -0.25) is 10.2 Å². The van der Waals surface area contributed by atoms with Crippen molar-refractivity contribution in [3.05, 3.63) is 64.7 Å². The largest absolute Gasteiger partial charge is 0.508 e. The zero-order valence-electron chi connectivity index (χ0n) is 9.56. The van der Waals surface area contributed by atoms with Crippen LogP contribution in [0.4, 0.5) is 0 Å². The van der Waals surface area contributed by atoms with Gasteiger partial charge in [-0.2, -0.15) is 0 Å². The number of para-hydroxylation sites is 2. The second-order valence-electron chi connectivity index (χ2n) is 4.13. The second kappa shape index (κ2) is 4.16. The van der Waals surface area contributed by atoms with Gasteiger partial charge in [0, 0.05) is 17.0 Å². The summed E-state index contributed by atoms with van der Waals surface area (Å²) < 4.78 is 0. The summed E-state index contributed by atoms with van der Waals surface area (Å²) in [6.45, 7) is 0. The van der Waals surface area contributed by atoms with Gasteiger partial charge >= 0.3 is 0 Å². The summed E-state index contributed by atoms with van der Waals surface area (Å²) in [7, 11) is 0. The molecule has 0 fully saturated rings. The van der Waals surface area contributed by atoms with E-state index in [4.69, 9.17) is 0 Å². The maximum atomic E-state index is 9.97. The number of aromatic hydroxyl groups is 1. The molecule has 4 nitrogen and oxygen atoms in total. The molecule has 1 atom stereocenters. The van der Waals surface area contributed by atoms with Gasteiger partial charge in [-0.15, -0.1) is 0 Å². The third-order valence-corrected chi connectivity index (χ3v) is 2.93. The average Bonchev–Trinajstić information content (AvgIpc) is 2.39. The molecule has 1 aliphatic rings. The third-order valence-electron chi connectivity index (χ3n) is 2.93. The number of phenolic OH excluding ortho intramolecular Hbond substituents is 1. The van der Waals surface area contributed by atoms with Gasteiger partial charge in [0.05, 0.1) is 5.36 Å². The van der Waals surface area contributed by atoms with Crippen molar-refractivity contribution >= 4 is 6.20 Å². The normalized spacial score (nSPS) is 17.6. The van der Waals surface area contributed by atoms with E-state index in [1.807, 2.05) is 24.3 Å². The highest BCUT2D eigenvalue weighted by molar-refractivity contribution is 5.37. The lowest BCUT2D eigenvalue weighted by atomic mass is 10.1. The maximum Gasteiger partial charge on any atom is 0.174 e. The molecule has 0 saturated heterocycles. The molecule has 1 aliphatic heterocycles. The Hall–Kier alpha value is -2.33. The fraction of sp³-hybridized carbons (Fsp3) is 0.0714. The van der Waals surface area contributed by atoms with Crippen LogP contribution in [0.5, 0.6) is 5.75 Å². The van der Waals surface area contributed by atoms with E-state index in [-0.39, 0.29) is 5.75 Å². The van der Waals surface area contributed by atoms with Crippen molar-refractivity contribution in [2.24, 2.45) is 4.99 Å². The SMILES string of the molecule is Oc1ccccc1C1N=c2ccccc2=CN1O. The van der Waals surface area contributed by atoms with Gasteiger partial charge < -0.3 is 5.11 Å². The summed E-state index contributed by atoms with van der Waals surface area (Å²) in [6.07, 6.45) is 1.00. The lowest BCUT2D eigenvalue weighted by Gasteiger charge is -2.24. The molecule has 0 saturated carbocycles. The van der Waals surface area contributed by atoms with Crippen LogP contribution in [0.25, 0.3) is 6.20 Å². The minimum absolute atomic E-state index is 0.123. The predicted molar refractivity (Wildman–Crippen MR) is 66.2 cm³/mol. The average molecular weight is 240 g/mol. The first kappa shape index (κ1) is 10.8. The van der Waals surface area contributed by atoms with E-state index in [1.54, 1.807) is 30.5 Å². The van der Waals surface area contributed by atoms with Gasteiger partial charge in [-0.05, 0) is 12.1 Å². The van der Waals surface area contributed by atoms with Crippen LogP contribution in [0.1, 0.15) is 11.7 Å². The summed E-state index contributed by atoms with van der Waals surface area (Å²) in [4.78, 5) is 4.44.